The molecule has 0 aromatic carbocycles. The van der Waals surface area contributed by atoms with Crippen LogP contribution < -0.4 is 0 Å². The molecular formula is C24H48O5. The van der Waals surface area contributed by atoms with E-state index in [1.54, 1.807) is 0 Å². The lowest BCUT2D eigenvalue weighted by Crippen LogP contribution is -2.22. The fourth-order valence-corrected chi connectivity index (χ4v) is 3.37. The zero-order valence-corrected chi connectivity index (χ0v) is 19.0. The van der Waals surface area contributed by atoms with Crippen LogP contribution in [0.4, 0.5) is 0 Å². The van der Waals surface area contributed by atoms with Gasteiger partial charge in [-0.3, -0.25) is 4.79 Å². The van der Waals surface area contributed by atoms with E-state index in [1.165, 1.54) is 83.5 Å². The number of hydrogen-bond acceptors (Lipinski definition) is 4. The van der Waals surface area contributed by atoms with Crippen molar-refractivity contribution in [2.24, 2.45) is 0 Å². The molecule has 2 N–H and O–H groups in total. The summed E-state index contributed by atoms with van der Waals surface area (Å²) in [7, 11) is 0. The molecule has 0 aliphatic rings. The zero-order valence-electron chi connectivity index (χ0n) is 19.0. The molecule has 29 heavy (non-hydrogen) atoms. The highest BCUT2D eigenvalue weighted by molar-refractivity contribution is 5.66. The summed E-state index contributed by atoms with van der Waals surface area (Å²) in [6, 6.07) is 0. The Kier molecular flexibility index (Phi) is 23.1. The largest absolute Gasteiger partial charge is 0.481 e. The first-order valence-corrected chi connectivity index (χ1v) is 12.2. The van der Waals surface area contributed by atoms with E-state index in [4.69, 9.17) is 14.6 Å². The molecule has 0 spiro atoms. The highest BCUT2D eigenvalue weighted by Gasteiger charge is 2.04. The molecule has 0 fully saturated rings. The van der Waals surface area contributed by atoms with Gasteiger partial charge in [-0.2, -0.15) is 0 Å². The van der Waals surface area contributed by atoms with Crippen molar-refractivity contribution in [3.63, 3.8) is 0 Å². The summed E-state index contributed by atoms with van der Waals surface area (Å²) in [5, 5.41) is 18.3. The Hall–Kier alpha value is -0.650. The number of ether oxygens (including phenoxy) is 2. The molecule has 0 rings (SSSR count). The summed E-state index contributed by atoms with van der Waals surface area (Å²) in [5.41, 5.74) is 0. The molecule has 0 bridgehead atoms. The van der Waals surface area contributed by atoms with Crippen LogP contribution in [0.3, 0.4) is 0 Å². The first-order valence-electron chi connectivity index (χ1n) is 12.2. The average molecular weight is 417 g/mol. The lowest BCUT2D eigenvalue weighted by atomic mass is 10.0. The Bertz CT molecular complexity index is 335. The van der Waals surface area contributed by atoms with Crippen molar-refractivity contribution in [3.8, 4) is 0 Å². The van der Waals surface area contributed by atoms with Gasteiger partial charge in [-0.15, -0.1) is 0 Å². The Labute approximate surface area is 179 Å². The van der Waals surface area contributed by atoms with E-state index in [9.17, 15) is 9.90 Å². The van der Waals surface area contributed by atoms with Crippen LogP contribution in [0.25, 0.3) is 0 Å². The minimum atomic E-state index is -0.776. The summed E-state index contributed by atoms with van der Waals surface area (Å²) in [5.74, 6) is -0.776. The molecule has 0 aliphatic heterocycles. The van der Waals surface area contributed by atoms with Crippen LogP contribution in [0.15, 0.2) is 0 Å². The zero-order chi connectivity index (χ0) is 21.4. The van der Waals surface area contributed by atoms with Crippen LogP contribution in [-0.2, 0) is 14.3 Å². The quantitative estimate of drug-likeness (QED) is 0.185. The summed E-state index contributed by atoms with van der Waals surface area (Å²) in [6.07, 6.45) is 19.7. The minimum absolute atomic E-state index is 0.175. The summed E-state index contributed by atoms with van der Waals surface area (Å²) in [4.78, 5) is 10.4. The number of carbonyl (C=O) groups is 1. The van der Waals surface area contributed by atoms with Crippen molar-refractivity contribution < 1.29 is 24.5 Å². The van der Waals surface area contributed by atoms with Gasteiger partial charge >= 0.3 is 5.97 Å². The predicted molar refractivity (Wildman–Crippen MR) is 119 cm³/mol. The monoisotopic (exact) mass is 416 g/mol. The van der Waals surface area contributed by atoms with Gasteiger partial charge < -0.3 is 19.7 Å². The van der Waals surface area contributed by atoms with E-state index in [0.29, 0.717) is 32.7 Å². The van der Waals surface area contributed by atoms with Gasteiger partial charge in [0, 0.05) is 19.6 Å². The number of aliphatic hydroxyl groups is 1. The van der Waals surface area contributed by atoms with Crippen LogP contribution in [-0.4, -0.2) is 48.7 Å². The standard InChI is InChI=1S/C24H48O5/c1-2-3-4-5-6-7-8-9-10-11-12-13-14-16-19-28-21-23(25)22-29-20-17-15-18-24(26)27/h23,25H,2-22H2,1H3,(H,26,27). The van der Waals surface area contributed by atoms with Gasteiger partial charge in [0.1, 0.15) is 6.10 Å². The number of carboxylic acids is 1. The third-order valence-corrected chi connectivity index (χ3v) is 5.19. The van der Waals surface area contributed by atoms with E-state index in [0.717, 1.165) is 6.42 Å². The molecular weight excluding hydrogens is 368 g/mol. The van der Waals surface area contributed by atoms with E-state index < -0.39 is 12.1 Å². The number of unbranched alkanes of at least 4 members (excludes halogenated alkanes) is 14. The molecule has 0 aromatic rings. The highest BCUT2D eigenvalue weighted by atomic mass is 16.5. The SMILES string of the molecule is CCCCCCCCCCCCCCCCOCC(O)COCCCCC(=O)O. The van der Waals surface area contributed by atoms with Crippen LogP contribution in [0.1, 0.15) is 116 Å². The second-order valence-electron chi connectivity index (χ2n) is 8.25. The second kappa shape index (κ2) is 23.6. The molecule has 0 amide bonds. The maximum Gasteiger partial charge on any atom is 0.303 e. The maximum atomic E-state index is 10.4. The molecule has 0 saturated heterocycles. The molecule has 174 valence electrons. The highest BCUT2D eigenvalue weighted by Crippen LogP contribution is 2.13. The number of aliphatic hydroxyl groups excluding tert-OH is 1. The fourth-order valence-electron chi connectivity index (χ4n) is 3.37. The van der Waals surface area contributed by atoms with Gasteiger partial charge in [-0.05, 0) is 19.3 Å². The lowest BCUT2D eigenvalue weighted by Gasteiger charge is -2.11. The lowest BCUT2D eigenvalue weighted by molar-refractivity contribution is -0.137. The third-order valence-electron chi connectivity index (χ3n) is 5.19. The third kappa shape index (κ3) is 25.3. The van der Waals surface area contributed by atoms with Crippen LogP contribution >= 0.6 is 0 Å². The van der Waals surface area contributed by atoms with E-state index in [2.05, 4.69) is 6.92 Å². The molecule has 1 unspecified atom stereocenters. The molecule has 0 aliphatic carbocycles. The number of aliphatic carboxylic acids is 1. The molecule has 5 heteroatoms. The Morgan fingerprint density at radius 1 is 0.655 bits per heavy atom. The van der Waals surface area contributed by atoms with Gasteiger partial charge in [0.05, 0.1) is 13.2 Å². The molecule has 0 saturated carbocycles. The second-order valence-corrected chi connectivity index (χ2v) is 8.25. The van der Waals surface area contributed by atoms with E-state index >= 15 is 0 Å². The van der Waals surface area contributed by atoms with Gasteiger partial charge in [-0.25, -0.2) is 0 Å². The van der Waals surface area contributed by atoms with Crippen molar-refractivity contribution in [1.82, 2.24) is 0 Å². The van der Waals surface area contributed by atoms with Crippen molar-refractivity contribution >= 4 is 5.97 Å². The van der Waals surface area contributed by atoms with Crippen molar-refractivity contribution in [2.45, 2.75) is 122 Å². The van der Waals surface area contributed by atoms with Gasteiger partial charge in [0.2, 0.25) is 0 Å². The van der Waals surface area contributed by atoms with E-state index in [-0.39, 0.29) is 13.0 Å². The predicted octanol–water partition coefficient (Wildman–Crippen LogP) is 6.12. The van der Waals surface area contributed by atoms with Gasteiger partial charge in [-0.1, -0.05) is 90.4 Å². The molecule has 0 aromatic heterocycles. The van der Waals surface area contributed by atoms with Crippen LogP contribution in [0, 0.1) is 0 Å². The summed E-state index contributed by atoms with van der Waals surface area (Å²) >= 11 is 0. The summed E-state index contributed by atoms with van der Waals surface area (Å²) < 4.78 is 10.8. The molecule has 5 nitrogen and oxygen atoms in total. The van der Waals surface area contributed by atoms with Crippen molar-refractivity contribution in [2.75, 3.05) is 26.4 Å². The topological polar surface area (TPSA) is 76.0 Å². The Balaban J connectivity index is 3.13. The van der Waals surface area contributed by atoms with Gasteiger partial charge in [0.25, 0.3) is 0 Å². The number of hydrogen-bond donors (Lipinski definition) is 2. The molecule has 1 atom stereocenters. The van der Waals surface area contributed by atoms with Gasteiger partial charge in [0.15, 0.2) is 0 Å². The first kappa shape index (κ1) is 28.4. The van der Waals surface area contributed by atoms with Crippen molar-refractivity contribution in [3.05, 3.63) is 0 Å². The normalized spacial score (nSPS) is 12.3. The average Bonchev–Trinajstić information content (AvgIpc) is 2.70. The minimum Gasteiger partial charge on any atom is -0.481 e. The van der Waals surface area contributed by atoms with E-state index in [1.807, 2.05) is 0 Å². The fraction of sp³-hybridized carbons (Fsp3) is 0.958. The number of rotatable bonds is 24. The Morgan fingerprint density at radius 3 is 1.45 bits per heavy atom. The molecule has 0 radical (unpaired) electrons. The smallest absolute Gasteiger partial charge is 0.303 e. The Morgan fingerprint density at radius 2 is 1.03 bits per heavy atom. The first-order chi connectivity index (χ1) is 14.2. The number of carboxylic acid groups (broad SMARTS) is 1. The maximum absolute atomic E-state index is 10.4. The summed E-state index contributed by atoms with van der Waals surface area (Å²) in [6.45, 7) is 4.03. The van der Waals surface area contributed by atoms with Crippen LogP contribution in [0.5, 0.6) is 0 Å². The molecule has 0 heterocycles. The van der Waals surface area contributed by atoms with Crippen molar-refractivity contribution in [1.29, 1.82) is 0 Å². The van der Waals surface area contributed by atoms with Crippen LogP contribution in [0.2, 0.25) is 0 Å².